The number of ether oxygens (including phenoxy) is 2. The van der Waals surface area contributed by atoms with Crippen molar-refractivity contribution in [2.75, 3.05) is 25.7 Å². The minimum Gasteiger partial charge on any atom is -0.493 e. The summed E-state index contributed by atoms with van der Waals surface area (Å²) < 4.78 is 86.3. The number of nitrogens with zero attached hydrogens (tertiary/aromatic N) is 4. The van der Waals surface area contributed by atoms with Crippen LogP contribution in [0.15, 0.2) is 53.5 Å². The van der Waals surface area contributed by atoms with Crippen LogP contribution in [0.3, 0.4) is 0 Å². The number of halogens is 5. The molecule has 0 fully saturated rings. The summed E-state index contributed by atoms with van der Waals surface area (Å²) >= 11 is 0. The molecule has 1 unspecified atom stereocenters. The monoisotopic (exact) mass is 570 g/mol. The number of hydrogen-bond acceptors (Lipinski definition) is 6. The van der Waals surface area contributed by atoms with Crippen molar-refractivity contribution in [2.45, 2.75) is 25.6 Å². The molecule has 7 nitrogen and oxygen atoms in total. The third-order valence-electron chi connectivity index (χ3n) is 7.49. The van der Waals surface area contributed by atoms with Crippen molar-refractivity contribution in [1.82, 2.24) is 9.47 Å². The van der Waals surface area contributed by atoms with Gasteiger partial charge in [-0.15, -0.1) is 0 Å². The Balaban J connectivity index is 1.56. The highest BCUT2D eigenvalue weighted by atomic mass is 19.2. The molecule has 3 heterocycles. The molecule has 3 aromatic carbocycles. The van der Waals surface area contributed by atoms with E-state index in [9.17, 15) is 18.0 Å². The van der Waals surface area contributed by atoms with E-state index in [0.717, 1.165) is 13.2 Å². The third kappa shape index (κ3) is 4.25. The zero-order valence-corrected chi connectivity index (χ0v) is 21.9. The normalized spacial score (nSPS) is 16.4. The number of aliphatic imine (C=N–C) groups is 1. The summed E-state index contributed by atoms with van der Waals surface area (Å²) in [6.45, 7) is 0.769. The van der Waals surface area contributed by atoms with Gasteiger partial charge in [-0.25, -0.2) is 22.6 Å². The molecule has 212 valence electrons. The van der Waals surface area contributed by atoms with Crippen LogP contribution in [-0.4, -0.2) is 42.2 Å². The topological polar surface area (TPSA) is 59.3 Å². The maximum absolute atomic E-state index is 15.6. The molecule has 2 aliphatic rings. The predicted octanol–water partition coefficient (Wildman–Crippen LogP) is 5.97. The van der Waals surface area contributed by atoms with Gasteiger partial charge in [-0.2, -0.15) is 4.39 Å². The van der Waals surface area contributed by atoms with Crippen molar-refractivity contribution in [3.8, 4) is 5.75 Å². The largest absolute Gasteiger partial charge is 0.493 e. The molecule has 0 spiro atoms. The third-order valence-corrected chi connectivity index (χ3v) is 7.49. The first-order valence-corrected chi connectivity index (χ1v) is 12.7. The Morgan fingerprint density at radius 1 is 0.951 bits per heavy atom. The van der Waals surface area contributed by atoms with Gasteiger partial charge in [0.05, 0.1) is 44.4 Å². The minimum absolute atomic E-state index is 0.0135. The number of aromatic nitrogens is 1. The highest BCUT2D eigenvalue weighted by Gasteiger charge is 2.40. The maximum atomic E-state index is 15.6. The lowest BCUT2D eigenvalue weighted by Crippen LogP contribution is -2.51. The second-order valence-electron chi connectivity index (χ2n) is 9.68. The van der Waals surface area contributed by atoms with Gasteiger partial charge in [0.25, 0.3) is 0 Å². The first kappa shape index (κ1) is 26.6. The molecule has 1 atom stereocenters. The standard InChI is InChI=1S/C29H23F5N4O3/c1-40-23-12-22(25(32)27(34)26(23)33)38-21(13-24(39)41-2)16-5-3-7-19(31)28(16)35-29(38)36-9-10-37-15(14-36)11-17-18(30)6-4-8-20(17)37/h3-8,11-12,21H,9-10,13-14H2,1-2H3. The lowest BCUT2D eigenvalue weighted by atomic mass is 9.97. The lowest BCUT2D eigenvalue weighted by Gasteiger charge is -2.43. The van der Waals surface area contributed by atoms with Crippen LogP contribution in [0.2, 0.25) is 0 Å². The zero-order valence-electron chi connectivity index (χ0n) is 21.9. The quantitative estimate of drug-likeness (QED) is 0.172. The van der Waals surface area contributed by atoms with Crippen LogP contribution in [0.1, 0.15) is 23.7 Å². The molecule has 0 radical (unpaired) electrons. The van der Waals surface area contributed by atoms with Crippen LogP contribution in [0, 0.1) is 29.1 Å². The number of anilines is 1. The highest BCUT2D eigenvalue weighted by molar-refractivity contribution is 6.01. The summed E-state index contributed by atoms with van der Waals surface area (Å²) in [4.78, 5) is 20.0. The first-order chi connectivity index (χ1) is 19.7. The van der Waals surface area contributed by atoms with Crippen LogP contribution in [0.25, 0.3) is 10.9 Å². The summed E-state index contributed by atoms with van der Waals surface area (Å²) in [5, 5.41) is 0.420. The van der Waals surface area contributed by atoms with Gasteiger partial charge < -0.3 is 23.8 Å². The fourth-order valence-electron chi connectivity index (χ4n) is 5.55. The number of methoxy groups -OCH3 is 2. The van der Waals surface area contributed by atoms with E-state index in [1.165, 1.54) is 36.3 Å². The van der Waals surface area contributed by atoms with Gasteiger partial charge in [0.2, 0.25) is 11.8 Å². The molecule has 0 bridgehead atoms. The molecular weight excluding hydrogens is 547 g/mol. The molecule has 0 N–H and O–H groups in total. The van der Waals surface area contributed by atoms with Gasteiger partial charge in [-0.1, -0.05) is 18.2 Å². The fraction of sp³-hybridized carbons (Fsp3) is 0.241. The summed E-state index contributed by atoms with van der Waals surface area (Å²) in [6.07, 6.45) is -0.397. The van der Waals surface area contributed by atoms with Crippen molar-refractivity contribution < 1.29 is 36.2 Å². The lowest BCUT2D eigenvalue weighted by molar-refractivity contribution is -0.141. The average molecular weight is 571 g/mol. The van der Waals surface area contributed by atoms with Crippen molar-refractivity contribution in [3.63, 3.8) is 0 Å². The minimum atomic E-state index is -1.78. The van der Waals surface area contributed by atoms with E-state index >= 15 is 8.78 Å². The van der Waals surface area contributed by atoms with Crippen molar-refractivity contribution in [1.29, 1.82) is 0 Å². The van der Waals surface area contributed by atoms with E-state index in [1.807, 2.05) is 4.57 Å². The Morgan fingerprint density at radius 3 is 2.46 bits per heavy atom. The molecule has 6 rings (SSSR count). The molecule has 4 aromatic rings. The van der Waals surface area contributed by atoms with E-state index in [1.54, 1.807) is 23.1 Å². The molecule has 1 aromatic heterocycles. The van der Waals surface area contributed by atoms with Gasteiger partial charge in [0.1, 0.15) is 17.3 Å². The number of esters is 1. The summed E-state index contributed by atoms with van der Waals surface area (Å²) in [6, 6.07) is 10.4. The Kier molecular flexibility index (Phi) is 6.55. The number of rotatable bonds is 4. The Bertz CT molecular complexity index is 1740. The van der Waals surface area contributed by atoms with Gasteiger partial charge in [0, 0.05) is 35.8 Å². The molecule has 41 heavy (non-hydrogen) atoms. The fourth-order valence-corrected chi connectivity index (χ4v) is 5.55. The predicted molar refractivity (Wildman–Crippen MR) is 141 cm³/mol. The number of para-hydroxylation sites is 1. The first-order valence-electron chi connectivity index (χ1n) is 12.7. The SMILES string of the molecule is COC(=O)CC1c2cccc(F)c2N=C(N2CCn3c(cc4c(F)cccc43)C2)N1c1cc(OC)c(F)c(F)c1F. The molecule has 12 heteroatoms. The summed E-state index contributed by atoms with van der Waals surface area (Å²) in [5.41, 5.74) is 1.06. The molecule has 0 aliphatic carbocycles. The second-order valence-corrected chi connectivity index (χ2v) is 9.68. The van der Waals surface area contributed by atoms with Gasteiger partial charge >= 0.3 is 5.97 Å². The highest BCUT2D eigenvalue weighted by Crippen LogP contribution is 2.44. The number of carbonyl (C=O) groups excluding carboxylic acids is 1. The van der Waals surface area contributed by atoms with Crippen LogP contribution >= 0.6 is 0 Å². The average Bonchev–Trinajstić information content (AvgIpc) is 3.36. The van der Waals surface area contributed by atoms with Gasteiger partial charge in [-0.3, -0.25) is 4.79 Å². The smallest absolute Gasteiger partial charge is 0.307 e. The molecular formula is C29H23F5N4O3. The second kappa shape index (κ2) is 10.1. The Labute approximate surface area is 231 Å². The van der Waals surface area contributed by atoms with Crippen molar-refractivity contribution >= 4 is 34.2 Å². The van der Waals surface area contributed by atoms with Crippen LogP contribution < -0.4 is 9.64 Å². The van der Waals surface area contributed by atoms with Crippen LogP contribution in [-0.2, 0) is 22.6 Å². The Morgan fingerprint density at radius 2 is 1.71 bits per heavy atom. The van der Waals surface area contributed by atoms with E-state index in [2.05, 4.69) is 4.99 Å². The number of fused-ring (bicyclic) bond motifs is 4. The van der Waals surface area contributed by atoms with E-state index in [4.69, 9.17) is 9.47 Å². The van der Waals surface area contributed by atoms with E-state index in [0.29, 0.717) is 23.1 Å². The van der Waals surface area contributed by atoms with E-state index < -0.39 is 59.0 Å². The van der Waals surface area contributed by atoms with Crippen molar-refractivity contribution in [3.05, 3.63) is 88.9 Å². The van der Waals surface area contributed by atoms with Gasteiger partial charge in [-0.05, 0) is 24.3 Å². The van der Waals surface area contributed by atoms with E-state index in [-0.39, 0.29) is 30.3 Å². The maximum Gasteiger partial charge on any atom is 0.307 e. The number of carbonyl (C=O) groups is 1. The molecule has 2 aliphatic heterocycles. The zero-order chi connectivity index (χ0) is 29.0. The number of guanidine groups is 1. The number of hydrogen-bond donors (Lipinski definition) is 0. The van der Waals surface area contributed by atoms with Crippen molar-refractivity contribution in [2.24, 2.45) is 4.99 Å². The Hall–Kier alpha value is -4.61. The van der Waals surface area contributed by atoms with Crippen LogP contribution in [0.4, 0.5) is 33.3 Å². The molecule has 0 saturated carbocycles. The van der Waals surface area contributed by atoms with Crippen LogP contribution in [0.5, 0.6) is 5.75 Å². The summed E-state index contributed by atoms with van der Waals surface area (Å²) in [7, 11) is 2.27. The molecule has 0 amide bonds. The van der Waals surface area contributed by atoms with Gasteiger partial charge in [0.15, 0.2) is 17.4 Å². The summed E-state index contributed by atoms with van der Waals surface area (Å²) in [5.74, 6) is -7.22. The number of benzene rings is 3. The molecule has 0 saturated heterocycles.